The molecular formula is C14H19NO3. The van der Waals surface area contributed by atoms with E-state index in [1.54, 1.807) is 0 Å². The van der Waals surface area contributed by atoms with E-state index in [0.29, 0.717) is 19.6 Å². The minimum atomic E-state index is -0.380. The largest absolute Gasteiger partial charge is 0.480 e. The fraction of sp³-hybridized carbons (Fsp3) is 0.500. The second-order valence-corrected chi connectivity index (χ2v) is 4.26. The van der Waals surface area contributed by atoms with Gasteiger partial charge in [0.25, 0.3) is 5.91 Å². The topological polar surface area (TPSA) is 47.6 Å². The molecule has 98 valence electrons. The third kappa shape index (κ3) is 3.23. The van der Waals surface area contributed by atoms with Crippen LogP contribution in [0.25, 0.3) is 0 Å². The quantitative estimate of drug-likeness (QED) is 0.778. The number of nitrogens with one attached hydrogen (secondary N) is 1. The number of benzene rings is 1. The molecule has 0 spiro atoms. The Hall–Kier alpha value is -1.55. The normalized spacial score (nSPS) is 17.1. The Morgan fingerprint density at radius 3 is 3.11 bits per heavy atom. The van der Waals surface area contributed by atoms with Crippen LogP contribution in [0, 0.1) is 0 Å². The van der Waals surface area contributed by atoms with Crippen molar-refractivity contribution in [3.05, 3.63) is 29.8 Å². The highest BCUT2D eigenvalue weighted by Gasteiger charge is 2.28. The zero-order valence-electron chi connectivity index (χ0n) is 10.6. The van der Waals surface area contributed by atoms with E-state index >= 15 is 0 Å². The summed E-state index contributed by atoms with van der Waals surface area (Å²) in [5, 5.41) is 2.87. The number of ether oxygens (including phenoxy) is 2. The summed E-state index contributed by atoms with van der Waals surface area (Å²) in [5.41, 5.74) is 1.10. The van der Waals surface area contributed by atoms with E-state index in [-0.39, 0.29) is 12.0 Å². The average molecular weight is 249 g/mol. The van der Waals surface area contributed by atoms with Crippen LogP contribution in [-0.2, 0) is 16.0 Å². The summed E-state index contributed by atoms with van der Waals surface area (Å²) in [5.74, 6) is 0.787. The summed E-state index contributed by atoms with van der Waals surface area (Å²) in [6.45, 7) is 3.99. The van der Waals surface area contributed by atoms with Gasteiger partial charge in [-0.05, 0) is 25.0 Å². The van der Waals surface area contributed by atoms with Gasteiger partial charge in [-0.25, -0.2) is 0 Å². The zero-order chi connectivity index (χ0) is 12.8. The number of para-hydroxylation sites is 1. The van der Waals surface area contributed by atoms with Gasteiger partial charge in [0.05, 0.1) is 0 Å². The Labute approximate surface area is 107 Å². The van der Waals surface area contributed by atoms with E-state index in [9.17, 15) is 4.79 Å². The molecule has 1 aromatic rings. The van der Waals surface area contributed by atoms with E-state index in [4.69, 9.17) is 9.47 Å². The van der Waals surface area contributed by atoms with Gasteiger partial charge < -0.3 is 14.8 Å². The third-order valence-corrected chi connectivity index (χ3v) is 2.91. The number of carbonyl (C=O) groups excluding carboxylic acids is 1. The molecule has 0 aliphatic carbocycles. The van der Waals surface area contributed by atoms with Crippen LogP contribution in [0.15, 0.2) is 24.3 Å². The van der Waals surface area contributed by atoms with Gasteiger partial charge in [-0.3, -0.25) is 4.79 Å². The molecule has 1 N–H and O–H groups in total. The third-order valence-electron chi connectivity index (χ3n) is 2.91. The lowest BCUT2D eigenvalue weighted by molar-refractivity contribution is -0.127. The van der Waals surface area contributed by atoms with Gasteiger partial charge in [0.2, 0.25) is 0 Å². The number of fused-ring (bicyclic) bond motifs is 1. The molecule has 0 saturated carbocycles. The standard InChI is InChI=1S/C14H19NO3/c1-2-17-9-5-8-15-14(16)13-10-11-6-3-4-7-12(11)18-13/h3-4,6-7,13H,2,5,8-10H2,1H3,(H,15,16). The van der Waals surface area contributed by atoms with Crippen LogP contribution in [0.4, 0.5) is 0 Å². The Morgan fingerprint density at radius 1 is 1.50 bits per heavy atom. The summed E-state index contributed by atoms with van der Waals surface area (Å²) < 4.78 is 10.8. The molecule has 0 bridgehead atoms. The minimum absolute atomic E-state index is 0.0392. The van der Waals surface area contributed by atoms with Crippen molar-refractivity contribution in [3.63, 3.8) is 0 Å². The van der Waals surface area contributed by atoms with Crippen LogP contribution in [0.5, 0.6) is 5.75 Å². The number of carbonyl (C=O) groups is 1. The molecule has 1 unspecified atom stereocenters. The highest BCUT2D eigenvalue weighted by atomic mass is 16.5. The minimum Gasteiger partial charge on any atom is -0.480 e. The van der Waals surface area contributed by atoms with E-state index < -0.39 is 0 Å². The summed E-state index contributed by atoms with van der Waals surface area (Å²) in [6.07, 6.45) is 1.11. The molecule has 18 heavy (non-hydrogen) atoms. The smallest absolute Gasteiger partial charge is 0.261 e. The molecule has 1 heterocycles. The molecule has 0 saturated heterocycles. The predicted molar refractivity (Wildman–Crippen MR) is 68.7 cm³/mol. The first-order valence-corrected chi connectivity index (χ1v) is 6.41. The number of amides is 1. The molecule has 2 rings (SSSR count). The number of hydrogen-bond donors (Lipinski definition) is 1. The van der Waals surface area contributed by atoms with E-state index in [2.05, 4.69) is 5.32 Å². The molecule has 1 aliphatic heterocycles. The highest BCUT2D eigenvalue weighted by Crippen LogP contribution is 2.27. The molecule has 0 aromatic heterocycles. The predicted octanol–water partition coefficient (Wildman–Crippen LogP) is 1.53. The molecule has 1 amide bonds. The maximum atomic E-state index is 11.9. The van der Waals surface area contributed by atoms with Crippen molar-refractivity contribution in [1.82, 2.24) is 5.32 Å². The zero-order valence-corrected chi connectivity index (χ0v) is 10.6. The second-order valence-electron chi connectivity index (χ2n) is 4.26. The Balaban J connectivity index is 1.72. The van der Waals surface area contributed by atoms with Crippen LogP contribution >= 0.6 is 0 Å². The van der Waals surface area contributed by atoms with E-state index in [0.717, 1.165) is 24.3 Å². The summed E-state index contributed by atoms with van der Waals surface area (Å²) >= 11 is 0. The second kappa shape index (κ2) is 6.40. The van der Waals surface area contributed by atoms with E-state index in [1.807, 2.05) is 31.2 Å². The van der Waals surface area contributed by atoms with Gasteiger partial charge in [-0.15, -0.1) is 0 Å². The summed E-state index contributed by atoms with van der Waals surface area (Å²) in [4.78, 5) is 11.9. The monoisotopic (exact) mass is 249 g/mol. The van der Waals surface area contributed by atoms with E-state index in [1.165, 1.54) is 0 Å². The van der Waals surface area contributed by atoms with Crippen molar-refractivity contribution in [3.8, 4) is 5.75 Å². The number of hydrogen-bond acceptors (Lipinski definition) is 3. The highest BCUT2D eigenvalue weighted by molar-refractivity contribution is 5.82. The van der Waals surface area contributed by atoms with Crippen LogP contribution in [-0.4, -0.2) is 31.8 Å². The lowest BCUT2D eigenvalue weighted by Crippen LogP contribution is -2.38. The molecule has 1 atom stereocenters. The molecule has 4 nitrogen and oxygen atoms in total. The van der Waals surface area contributed by atoms with Crippen molar-refractivity contribution in [2.45, 2.75) is 25.9 Å². The summed E-state index contributed by atoms with van der Waals surface area (Å²) in [7, 11) is 0. The summed E-state index contributed by atoms with van der Waals surface area (Å²) in [6, 6.07) is 7.78. The van der Waals surface area contributed by atoms with Crippen LogP contribution in [0.3, 0.4) is 0 Å². The van der Waals surface area contributed by atoms with Crippen LogP contribution < -0.4 is 10.1 Å². The molecule has 0 fully saturated rings. The molecule has 1 aliphatic rings. The maximum absolute atomic E-state index is 11.9. The molecular weight excluding hydrogens is 230 g/mol. The Morgan fingerprint density at radius 2 is 2.33 bits per heavy atom. The maximum Gasteiger partial charge on any atom is 0.261 e. The molecule has 4 heteroatoms. The Bertz CT molecular complexity index is 381. The van der Waals surface area contributed by atoms with Gasteiger partial charge in [0.1, 0.15) is 5.75 Å². The fourth-order valence-electron chi connectivity index (χ4n) is 1.97. The number of rotatable bonds is 6. The van der Waals surface area contributed by atoms with Crippen molar-refractivity contribution in [1.29, 1.82) is 0 Å². The lowest BCUT2D eigenvalue weighted by Gasteiger charge is -2.11. The van der Waals surface area contributed by atoms with Gasteiger partial charge in [-0.2, -0.15) is 0 Å². The van der Waals surface area contributed by atoms with Crippen molar-refractivity contribution < 1.29 is 14.3 Å². The van der Waals surface area contributed by atoms with Gasteiger partial charge in [0, 0.05) is 26.2 Å². The first-order valence-electron chi connectivity index (χ1n) is 6.41. The Kier molecular flexibility index (Phi) is 4.59. The van der Waals surface area contributed by atoms with Crippen molar-refractivity contribution >= 4 is 5.91 Å². The average Bonchev–Trinajstić information content (AvgIpc) is 2.82. The van der Waals surface area contributed by atoms with Crippen LogP contribution in [0.2, 0.25) is 0 Å². The van der Waals surface area contributed by atoms with Gasteiger partial charge >= 0.3 is 0 Å². The van der Waals surface area contributed by atoms with Crippen molar-refractivity contribution in [2.75, 3.05) is 19.8 Å². The fourth-order valence-corrected chi connectivity index (χ4v) is 1.97. The molecule has 0 radical (unpaired) electrons. The first-order chi connectivity index (χ1) is 8.81. The lowest BCUT2D eigenvalue weighted by atomic mass is 10.1. The first kappa shape index (κ1) is 12.9. The van der Waals surface area contributed by atoms with Gasteiger partial charge in [-0.1, -0.05) is 18.2 Å². The van der Waals surface area contributed by atoms with Gasteiger partial charge in [0.15, 0.2) is 6.10 Å². The van der Waals surface area contributed by atoms with Crippen LogP contribution in [0.1, 0.15) is 18.9 Å². The SMILES string of the molecule is CCOCCCNC(=O)C1Cc2ccccc2O1. The van der Waals surface area contributed by atoms with Crippen molar-refractivity contribution in [2.24, 2.45) is 0 Å². The molecule has 1 aromatic carbocycles.